The highest BCUT2D eigenvalue weighted by Crippen LogP contribution is 2.06. The number of nitrogens with zero attached hydrogens (tertiary/aromatic N) is 1. The summed E-state index contributed by atoms with van der Waals surface area (Å²) in [5.41, 5.74) is 1.32. The molecule has 0 aliphatic rings. The van der Waals surface area contributed by atoms with Crippen LogP contribution >= 0.6 is 11.8 Å². The molecule has 0 aliphatic carbocycles. The van der Waals surface area contributed by atoms with Gasteiger partial charge in [0, 0.05) is 12.0 Å². The van der Waals surface area contributed by atoms with Crippen LogP contribution in [0.4, 0.5) is 0 Å². The molecule has 0 aromatic carbocycles. The molecule has 0 aromatic heterocycles. The molecule has 0 amide bonds. The summed E-state index contributed by atoms with van der Waals surface area (Å²) < 4.78 is 0. The van der Waals surface area contributed by atoms with E-state index in [0.717, 1.165) is 4.94 Å². The van der Waals surface area contributed by atoms with Gasteiger partial charge in [-0.2, -0.15) is 0 Å². The van der Waals surface area contributed by atoms with Gasteiger partial charge in [-0.15, -0.1) is 0 Å². The van der Waals surface area contributed by atoms with Crippen LogP contribution in [0.3, 0.4) is 0 Å². The molecule has 0 bridgehead atoms. The van der Waals surface area contributed by atoms with Crippen molar-refractivity contribution in [2.45, 2.75) is 13.8 Å². The lowest BCUT2D eigenvalue weighted by Gasteiger charge is -1.91. The molecular weight excluding hydrogens is 129 g/mol. The van der Waals surface area contributed by atoms with Gasteiger partial charge in [-0.1, -0.05) is 17.3 Å². The van der Waals surface area contributed by atoms with Crippen molar-refractivity contribution in [1.82, 2.24) is 0 Å². The van der Waals surface area contributed by atoms with Gasteiger partial charge >= 0.3 is 0 Å². The predicted octanol–water partition coefficient (Wildman–Crippen LogP) is 1.26. The van der Waals surface area contributed by atoms with Gasteiger partial charge < -0.3 is 0 Å². The van der Waals surface area contributed by atoms with Gasteiger partial charge in [0.15, 0.2) is 7.85 Å². The maximum atomic E-state index is 4.00. The molecule has 50 valence electrons. The van der Waals surface area contributed by atoms with E-state index in [4.69, 9.17) is 0 Å². The van der Waals surface area contributed by atoms with Crippen LogP contribution in [-0.2, 0) is 0 Å². The van der Waals surface area contributed by atoms with Crippen LogP contribution in [0, 0.1) is 0 Å². The van der Waals surface area contributed by atoms with E-state index in [9.17, 15) is 0 Å². The fourth-order valence-electron chi connectivity index (χ4n) is 0.256. The number of hydrogen-bond donors (Lipinski definition) is 0. The zero-order valence-electron chi connectivity index (χ0n) is 6.43. The maximum absolute atomic E-state index is 4.00. The molecule has 0 saturated carbocycles. The molecule has 0 heterocycles. The molecule has 0 radical (unpaired) electrons. The van der Waals surface area contributed by atoms with Crippen molar-refractivity contribution in [3.05, 3.63) is 11.0 Å². The third kappa shape index (κ3) is 5.70. The SMILES string of the molecule is B/C(=N/C)SC=C(C)C. The summed E-state index contributed by atoms with van der Waals surface area (Å²) in [6.07, 6.45) is 0. The highest BCUT2D eigenvalue weighted by molar-refractivity contribution is 8.18. The average Bonchev–Trinajstić information content (AvgIpc) is 1.83. The second-order valence-electron chi connectivity index (χ2n) is 2.06. The Morgan fingerprint density at radius 1 is 1.56 bits per heavy atom. The first-order chi connectivity index (χ1) is 4.16. The molecule has 0 saturated heterocycles. The van der Waals surface area contributed by atoms with Crippen molar-refractivity contribution in [3.63, 3.8) is 0 Å². The van der Waals surface area contributed by atoms with E-state index in [1.807, 2.05) is 7.85 Å². The highest BCUT2D eigenvalue weighted by atomic mass is 32.2. The topological polar surface area (TPSA) is 12.4 Å². The van der Waals surface area contributed by atoms with E-state index in [-0.39, 0.29) is 0 Å². The third-order valence-electron chi connectivity index (χ3n) is 0.780. The second kappa shape index (κ2) is 4.68. The zero-order chi connectivity index (χ0) is 7.28. The number of aliphatic imine (C=N–C) groups is 1. The Morgan fingerprint density at radius 2 is 2.11 bits per heavy atom. The van der Waals surface area contributed by atoms with E-state index >= 15 is 0 Å². The van der Waals surface area contributed by atoms with Gasteiger partial charge in [-0.05, 0) is 19.3 Å². The van der Waals surface area contributed by atoms with Gasteiger partial charge in [0.2, 0.25) is 0 Å². The first-order valence-corrected chi connectivity index (χ1v) is 3.78. The van der Waals surface area contributed by atoms with Crippen LogP contribution in [0.25, 0.3) is 0 Å². The largest absolute Gasteiger partial charge is 0.297 e. The standard InChI is InChI=1S/C6H12BNS/c1-5(2)4-9-6(7)8-3/h4H,7H2,1-3H3/b8-6-. The van der Waals surface area contributed by atoms with Gasteiger partial charge in [0.1, 0.15) is 0 Å². The van der Waals surface area contributed by atoms with Crippen molar-refractivity contribution in [3.8, 4) is 0 Å². The fraction of sp³-hybridized carbons (Fsp3) is 0.500. The minimum atomic E-state index is 1.11. The Labute approximate surface area is 62.0 Å². The monoisotopic (exact) mass is 141 g/mol. The minimum absolute atomic E-state index is 1.11. The normalized spacial score (nSPS) is 11.2. The predicted molar refractivity (Wildman–Crippen MR) is 48.9 cm³/mol. The van der Waals surface area contributed by atoms with Crippen LogP contribution in [0.1, 0.15) is 13.8 Å². The summed E-state index contributed by atoms with van der Waals surface area (Å²) in [5.74, 6) is 0. The van der Waals surface area contributed by atoms with Gasteiger partial charge in [-0.25, -0.2) is 0 Å². The lowest BCUT2D eigenvalue weighted by Crippen LogP contribution is -1.85. The van der Waals surface area contributed by atoms with Crippen molar-refractivity contribution in [2.75, 3.05) is 7.05 Å². The van der Waals surface area contributed by atoms with Gasteiger partial charge in [-0.3, -0.25) is 4.99 Å². The fourth-order valence-corrected chi connectivity index (χ4v) is 0.768. The smallest absolute Gasteiger partial charge is 0.172 e. The summed E-state index contributed by atoms with van der Waals surface area (Å²) in [6.45, 7) is 4.16. The summed E-state index contributed by atoms with van der Waals surface area (Å²) >= 11 is 1.67. The Balaban J connectivity index is 3.64. The molecule has 0 aliphatic heterocycles. The Kier molecular flexibility index (Phi) is 4.59. The van der Waals surface area contributed by atoms with E-state index in [0.29, 0.717) is 0 Å². The molecule has 0 aromatic rings. The first kappa shape index (κ1) is 8.82. The molecule has 0 N–H and O–H groups in total. The van der Waals surface area contributed by atoms with Crippen molar-refractivity contribution >= 4 is 24.6 Å². The molecule has 1 nitrogen and oxygen atoms in total. The molecule has 0 fully saturated rings. The van der Waals surface area contributed by atoms with Crippen LogP contribution in [0.2, 0.25) is 0 Å². The highest BCUT2D eigenvalue weighted by Gasteiger charge is 1.84. The molecule has 0 atom stereocenters. The molecule has 3 heteroatoms. The Bertz CT molecular complexity index is 136. The lowest BCUT2D eigenvalue weighted by atomic mass is 10.2. The van der Waals surface area contributed by atoms with Crippen molar-refractivity contribution in [1.29, 1.82) is 0 Å². The van der Waals surface area contributed by atoms with Crippen LogP contribution < -0.4 is 0 Å². The Hall–Kier alpha value is -0.175. The van der Waals surface area contributed by atoms with Gasteiger partial charge in [0.25, 0.3) is 0 Å². The molecular formula is C6H12BNS. The molecule has 0 unspecified atom stereocenters. The van der Waals surface area contributed by atoms with Crippen LogP contribution in [0.5, 0.6) is 0 Å². The van der Waals surface area contributed by atoms with E-state index in [1.165, 1.54) is 5.57 Å². The molecule has 9 heavy (non-hydrogen) atoms. The third-order valence-corrected chi connectivity index (χ3v) is 1.89. The Morgan fingerprint density at radius 3 is 2.44 bits per heavy atom. The number of rotatable bonds is 1. The van der Waals surface area contributed by atoms with Crippen molar-refractivity contribution in [2.24, 2.45) is 4.99 Å². The lowest BCUT2D eigenvalue weighted by molar-refractivity contribution is 1.42. The quantitative estimate of drug-likeness (QED) is 0.304. The summed E-state index contributed by atoms with van der Waals surface area (Å²) in [5, 5.41) is 2.10. The second-order valence-corrected chi connectivity index (χ2v) is 3.12. The summed E-state index contributed by atoms with van der Waals surface area (Å²) in [6, 6.07) is 0. The average molecular weight is 141 g/mol. The van der Waals surface area contributed by atoms with Crippen LogP contribution in [0.15, 0.2) is 16.0 Å². The first-order valence-electron chi connectivity index (χ1n) is 2.90. The summed E-state index contributed by atoms with van der Waals surface area (Å²) in [4.78, 5) is 5.10. The molecule has 0 rings (SSSR count). The van der Waals surface area contributed by atoms with Crippen molar-refractivity contribution < 1.29 is 0 Å². The van der Waals surface area contributed by atoms with E-state index < -0.39 is 0 Å². The number of hydrogen-bond acceptors (Lipinski definition) is 2. The number of allylic oxidation sites excluding steroid dienone is 1. The zero-order valence-corrected chi connectivity index (χ0v) is 7.25. The number of thioether (sulfide) groups is 1. The van der Waals surface area contributed by atoms with Gasteiger partial charge in [0.05, 0.1) is 0 Å². The van der Waals surface area contributed by atoms with Crippen LogP contribution in [-0.4, -0.2) is 19.8 Å². The minimum Gasteiger partial charge on any atom is -0.297 e. The molecule has 0 spiro atoms. The van der Waals surface area contributed by atoms with E-state index in [1.54, 1.807) is 18.8 Å². The van der Waals surface area contributed by atoms with E-state index in [2.05, 4.69) is 24.2 Å². The maximum Gasteiger partial charge on any atom is 0.172 e. The summed E-state index contributed by atoms with van der Waals surface area (Å²) in [7, 11) is 3.81.